The Morgan fingerprint density at radius 3 is 2.89 bits per heavy atom. The third kappa shape index (κ3) is 3.53. The van der Waals surface area contributed by atoms with Crippen molar-refractivity contribution in [3.8, 4) is 0 Å². The number of hydrogen-bond donors (Lipinski definition) is 1. The Kier molecular flexibility index (Phi) is 4.91. The van der Waals surface area contributed by atoms with Gasteiger partial charge in [-0.3, -0.25) is 4.98 Å². The van der Waals surface area contributed by atoms with Crippen LogP contribution in [0.15, 0.2) is 41.1 Å². The predicted octanol–water partition coefficient (Wildman–Crippen LogP) is 4.14. The van der Waals surface area contributed by atoms with E-state index in [4.69, 9.17) is 11.6 Å². The molecule has 2 aromatic rings. The number of nitrogens with zero attached hydrogens (tertiary/aromatic N) is 1. The minimum atomic E-state index is -0.229. The van der Waals surface area contributed by atoms with Gasteiger partial charge >= 0.3 is 0 Å². The Labute approximate surface area is 125 Å². The topological polar surface area (TPSA) is 24.9 Å². The number of likely N-dealkylation sites (N-methyl/N-ethyl adjacent to an activating group) is 1. The van der Waals surface area contributed by atoms with Crippen LogP contribution in [-0.2, 0) is 6.42 Å². The zero-order valence-electron chi connectivity index (χ0n) is 10.3. The van der Waals surface area contributed by atoms with Gasteiger partial charge in [0.1, 0.15) is 5.82 Å². The van der Waals surface area contributed by atoms with Crippen molar-refractivity contribution < 1.29 is 4.39 Å². The van der Waals surface area contributed by atoms with E-state index in [0.29, 0.717) is 17.0 Å². The second-order valence-corrected chi connectivity index (χ2v) is 5.50. The van der Waals surface area contributed by atoms with Crippen LogP contribution in [0.2, 0.25) is 5.02 Å². The van der Waals surface area contributed by atoms with Crippen molar-refractivity contribution in [3.63, 3.8) is 0 Å². The van der Waals surface area contributed by atoms with Crippen LogP contribution in [-0.4, -0.2) is 12.0 Å². The molecule has 2 nitrogen and oxygen atoms in total. The summed E-state index contributed by atoms with van der Waals surface area (Å²) in [5, 5.41) is 3.72. The average molecular weight is 344 g/mol. The van der Waals surface area contributed by atoms with Gasteiger partial charge < -0.3 is 5.32 Å². The number of nitrogens with one attached hydrogen (secondary N) is 1. The van der Waals surface area contributed by atoms with Crippen molar-refractivity contribution in [2.45, 2.75) is 12.5 Å². The summed E-state index contributed by atoms with van der Waals surface area (Å²) in [4.78, 5) is 3.95. The van der Waals surface area contributed by atoms with Gasteiger partial charge in [-0.15, -0.1) is 0 Å². The van der Waals surface area contributed by atoms with Crippen LogP contribution in [0.25, 0.3) is 0 Å². The lowest BCUT2D eigenvalue weighted by Crippen LogP contribution is -2.20. The van der Waals surface area contributed by atoms with E-state index < -0.39 is 0 Å². The maximum absolute atomic E-state index is 13.9. The molecule has 0 spiro atoms. The van der Waals surface area contributed by atoms with Gasteiger partial charge in [-0.25, -0.2) is 4.39 Å². The van der Waals surface area contributed by atoms with Crippen molar-refractivity contribution in [1.29, 1.82) is 0 Å². The standard InChI is InChI=1S/C14H13BrClFN2/c1-18-14(6-9-4-5-19-8-12(9)16)11-7-10(15)2-3-13(11)17/h2-5,7-8,14,18H,6H2,1H3. The molecule has 0 aliphatic rings. The first-order valence-corrected chi connectivity index (χ1v) is 6.99. The highest BCUT2D eigenvalue weighted by Gasteiger charge is 2.16. The van der Waals surface area contributed by atoms with Crippen LogP contribution in [0.5, 0.6) is 0 Å². The van der Waals surface area contributed by atoms with Crippen molar-refractivity contribution in [2.24, 2.45) is 0 Å². The Balaban J connectivity index is 2.30. The first-order valence-electron chi connectivity index (χ1n) is 5.82. The Bertz CT molecular complexity index is 577. The molecule has 1 heterocycles. The molecule has 0 aliphatic carbocycles. The van der Waals surface area contributed by atoms with E-state index in [1.165, 1.54) is 6.07 Å². The number of hydrogen-bond acceptors (Lipinski definition) is 2. The molecule has 1 atom stereocenters. The van der Waals surface area contributed by atoms with E-state index in [9.17, 15) is 4.39 Å². The smallest absolute Gasteiger partial charge is 0.128 e. The van der Waals surface area contributed by atoms with E-state index in [-0.39, 0.29) is 11.9 Å². The number of halogens is 3. The molecule has 0 radical (unpaired) electrons. The van der Waals surface area contributed by atoms with Crippen LogP contribution in [0, 0.1) is 5.82 Å². The summed E-state index contributed by atoms with van der Waals surface area (Å²) in [6.07, 6.45) is 3.89. The predicted molar refractivity (Wildman–Crippen MR) is 78.9 cm³/mol. The molecule has 100 valence electrons. The highest BCUT2D eigenvalue weighted by atomic mass is 79.9. The summed E-state index contributed by atoms with van der Waals surface area (Å²) in [7, 11) is 1.81. The fourth-order valence-electron chi connectivity index (χ4n) is 1.94. The highest BCUT2D eigenvalue weighted by molar-refractivity contribution is 9.10. The van der Waals surface area contributed by atoms with Gasteiger partial charge in [0, 0.05) is 28.5 Å². The third-order valence-corrected chi connectivity index (χ3v) is 3.80. The second kappa shape index (κ2) is 6.46. The average Bonchev–Trinajstić information content (AvgIpc) is 2.41. The molecule has 5 heteroatoms. The van der Waals surface area contributed by atoms with E-state index in [0.717, 1.165) is 10.0 Å². The molecule has 0 saturated carbocycles. The zero-order chi connectivity index (χ0) is 13.8. The lowest BCUT2D eigenvalue weighted by Gasteiger charge is -2.18. The van der Waals surface area contributed by atoms with Gasteiger partial charge in [-0.05, 0) is 43.3 Å². The Morgan fingerprint density at radius 2 is 2.21 bits per heavy atom. The number of aromatic nitrogens is 1. The molecule has 0 saturated heterocycles. The lowest BCUT2D eigenvalue weighted by molar-refractivity contribution is 0.533. The minimum Gasteiger partial charge on any atom is -0.313 e. The fraction of sp³-hybridized carbons (Fsp3) is 0.214. The van der Waals surface area contributed by atoms with Gasteiger partial charge in [-0.2, -0.15) is 0 Å². The lowest BCUT2D eigenvalue weighted by atomic mass is 9.99. The molecule has 1 N–H and O–H groups in total. The summed E-state index contributed by atoms with van der Waals surface area (Å²) >= 11 is 9.45. The summed E-state index contributed by atoms with van der Waals surface area (Å²) in [5.41, 5.74) is 1.56. The van der Waals surface area contributed by atoms with Crippen molar-refractivity contribution in [1.82, 2.24) is 10.3 Å². The third-order valence-electron chi connectivity index (χ3n) is 2.96. The van der Waals surface area contributed by atoms with Gasteiger partial charge in [-0.1, -0.05) is 27.5 Å². The molecule has 0 fully saturated rings. The van der Waals surface area contributed by atoms with E-state index in [1.54, 1.807) is 31.6 Å². The Hall–Kier alpha value is -0.970. The van der Waals surface area contributed by atoms with Crippen LogP contribution in [0.3, 0.4) is 0 Å². The quantitative estimate of drug-likeness (QED) is 0.902. The largest absolute Gasteiger partial charge is 0.313 e. The number of pyridine rings is 1. The minimum absolute atomic E-state index is 0.141. The van der Waals surface area contributed by atoms with Crippen LogP contribution < -0.4 is 5.32 Å². The van der Waals surface area contributed by atoms with Crippen LogP contribution in [0.1, 0.15) is 17.2 Å². The maximum atomic E-state index is 13.9. The molecule has 1 unspecified atom stereocenters. The number of rotatable bonds is 4. The first kappa shape index (κ1) is 14.4. The molecule has 2 rings (SSSR count). The molecule has 19 heavy (non-hydrogen) atoms. The molecular weight excluding hydrogens is 331 g/mol. The van der Waals surface area contributed by atoms with Crippen molar-refractivity contribution in [3.05, 3.63) is 63.1 Å². The summed E-state index contributed by atoms with van der Waals surface area (Å²) in [5.74, 6) is -0.229. The monoisotopic (exact) mass is 342 g/mol. The zero-order valence-corrected chi connectivity index (χ0v) is 12.7. The SMILES string of the molecule is CNC(Cc1ccncc1Cl)c1cc(Br)ccc1F. The normalized spacial score (nSPS) is 12.4. The highest BCUT2D eigenvalue weighted by Crippen LogP contribution is 2.26. The molecule has 0 amide bonds. The van der Waals surface area contributed by atoms with Crippen molar-refractivity contribution in [2.75, 3.05) is 7.05 Å². The molecule has 1 aromatic heterocycles. The molecule has 1 aromatic carbocycles. The van der Waals surface area contributed by atoms with Gasteiger partial charge in [0.25, 0.3) is 0 Å². The summed E-state index contributed by atoms with van der Waals surface area (Å²) < 4.78 is 14.8. The number of benzene rings is 1. The summed E-state index contributed by atoms with van der Waals surface area (Å²) in [6, 6.07) is 6.63. The summed E-state index contributed by atoms with van der Waals surface area (Å²) in [6.45, 7) is 0. The maximum Gasteiger partial charge on any atom is 0.128 e. The van der Waals surface area contributed by atoms with Gasteiger partial charge in [0.15, 0.2) is 0 Å². The molecule has 0 bridgehead atoms. The Morgan fingerprint density at radius 1 is 1.42 bits per heavy atom. The van der Waals surface area contributed by atoms with E-state index in [2.05, 4.69) is 26.2 Å². The van der Waals surface area contributed by atoms with Crippen LogP contribution >= 0.6 is 27.5 Å². The molecule has 0 aliphatic heterocycles. The van der Waals surface area contributed by atoms with Gasteiger partial charge in [0.2, 0.25) is 0 Å². The van der Waals surface area contributed by atoms with Gasteiger partial charge in [0.05, 0.1) is 5.02 Å². The second-order valence-electron chi connectivity index (χ2n) is 4.18. The van der Waals surface area contributed by atoms with Crippen molar-refractivity contribution >= 4 is 27.5 Å². The van der Waals surface area contributed by atoms with E-state index in [1.807, 2.05) is 6.07 Å². The van der Waals surface area contributed by atoms with E-state index >= 15 is 0 Å². The van der Waals surface area contributed by atoms with Crippen LogP contribution in [0.4, 0.5) is 4.39 Å². The first-order chi connectivity index (χ1) is 9.11. The fourth-order valence-corrected chi connectivity index (χ4v) is 2.51. The molecular formula is C14H13BrClFN2.